The minimum atomic E-state index is -1.25. The number of rotatable bonds is 5. The van der Waals surface area contributed by atoms with Crippen LogP contribution in [-0.2, 0) is 9.53 Å². The van der Waals surface area contributed by atoms with Gasteiger partial charge in [0.1, 0.15) is 11.6 Å². The summed E-state index contributed by atoms with van der Waals surface area (Å²) in [5.74, 6) is -4.02. The third-order valence-electron chi connectivity index (χ3n) is 5.05. The van der Waals surface area contributed by atoms with Gasteiger partial charge in [-0.05, 0) is 67.6 Å². The largest absolute Gasteiger partial charge is 0.449 e. The lowest BCUT2D eigenvalue weighted by molar-refractivity contribution is -0.123. The number of esters is 1. The van der Waals surface area contributed by atoms with E-state index >= 15 is 0 Å². The normalized spacial score (nSPS) is 13.5. The van der Waals surface area contributed by atoms with Gasteiger partial charge in [0, 0.05) is 0 Å². The number of nitrogens with one attached hydrogen (secondary N) is 1. The maximum absolute atomic E-state index is 13.2. The number of halogens is 3. The quantitative estimate of drug-likeness (QED) is 0.422. The molecule has 4 rings (SSSR count). The zero-order valence-corrected chi connectivity index (χ0v) is 18.2. The molecule has 0 radical (unpaired) electrons. The van der Waals surface area contributed by atoms with E-state index in [1.807, 2.05) is 0 Å². The summed E-state index contributed by atoms with van der Waals surface area (Å²) < 4.78 is 31.5. The molecule has 3 aromatic carbocycles. The Morgan fingerprint density at radius 3 is 2.24 bits per heavy atom. The molecule has 1 aliphatic heterocycles. The minimum absolute atomic E-state index is 0.0283. The number of hydrogen-bond acceptors (Lipinski definition) is 5. The zero-order valence-electron chi connectivity index (χ0n) is 17.5. The average molecular weight is 485 g/mol. The average Bonchev–Trinajstić information content (AvgIpc) is 3.05. The van der Waals surface area contributed by atoms with Crippen LogP contribution in [0.2, 0.25) is 5.02 Å². The van der Waals surface area contributed by atoms with Gasteiger partial charge in [0.15, 0.2) is 6.10 Å². The SMILES string of the molecule is CC(OC(=O)c1ccc2c(c1)C(=O)N(c1ccc(F)cc1)C2=O)C(=O)Nc1ccc(F)cc1Cl. The zero-order chi connectivity index (χ0) is 24.6. The monoisotopic (exact) mass is 484 g/mol. The predicted molar refractivity (Wildman–Crippen MR) is 119 cm³/mol. The number of benzene rings is 3. The first-order chi connectivity index (χ1) is 16.2. The molecule has 1 heterocycles. The topological polar surface area (TPSA) is 92.8 Å². The summed E-state index contributed by atoms with van der Waals surface area (Å²) in [4.78, 5) is 51.3. The summed E-state index contributed by atoms with van der Waals surface area (Å²) in [6, 6.07) is 12.0. The Hall–Kier alpha value is -4.11. The second-order valence-corrected chi connectivity index (χ2v) is 7.75. The summed E-state index contributed by atoms with van der Waals surface area (Å²) >= 11 is 5.88. The van der Waals surface area contributed by atoms with E-state index in [1.165, 1.54) is 43.3 Å². The number of ether oxygens (including phenoxy) is 1. The highest BCUT2D eigenvalue weighted by molar-refractivity contribution is 6.35. The maximum atomic E-state index is 13.2. The molecule has 7 nitrogen and oxygen atoms in total. The van der Waals surface area contributed by atoms with E-state index in [-0.39, 0.29) is 33.1 Å². The molecule has 0 aliphatic carbocycles. The molecule has 0 spiro atoms. The van der Waals surface area contributed by atoms with Gasteiger partial charge in [-0.1, -0.05) is 11.6 Å². The van der Waals surface area contributed by atoms with E-state index in [0.717, 1.165) is 29.2 Å². The molecule has 0 bridgehead atoms. The van der Waals surface area contributed by atoms with Crippen LogP contribution >= 0.6 is 11.6 Å². The molecule has 172 valence electrons. The first-order valence-electron chi connectivity index (χ1n) is 9.91. The molecule has 34 heavy (non-hydrogen) atoms. The van der Waals surface area contributed by atoms with Crippen molar-refractivity contribution < 1.29 is 32.7 Å². The lowest BCUT2D eigenvalue weighted by Gasteiger charge is -2.14. The fourth-order valence-electron chi connectivity index (χ4n) is 3.30. The van der Waals surface area contributed by atoms with Gasteiger partial charge < -0.3 is 10.1 Å². The Bertz CT molecular complexity index is 1340. The van der Waals surface area contributed by atoms with Crippen LogP contribution in [0.25, 0.3) is 0 Å². The highest BCUT2D eigenvalue weighted by Crippen LogP contribution is 2.29. The number of nitrogens with zero attached hydrogens (tertiary/aromatic N) is 1. The third-order valence-corrected chi connectivity index (χ3v) is 5.36. The molecule has 1 N–H and O–H groups in total. The maximum Gasteiger partial charge on any atom is 0.338 e. The Labute approximate surface area is 196 Å². The van der Waals surface area contributed by atoms with Gasteiger partial charge in [-0.15, -0.1) is 0 Å². The number of carbonyl (C=O) groups excluding carboxylic acids is 4. The Morgan fingerprint density at radius 1 is 0.912 bits per heavy atom. The van der Waals surface area contributed by atoms with Crippen LogP contribution in [0.3, 0.4) is 0 Å². The molecule has 0 saturated heterocycles. The van der Waals surface area contributed by atoms with Gasteiger partial charge >= 0.3 is 5.97 Å². The highest BCUT2D eigenvalue weighted by atomic mass is 35.5. The molecule has 0 saturated carbocycles. The first-order valence-corrected chi connectivity index (χ1v) is 10.3. The van der Waals surface area contributed by atoms with Crippen LogP contribution in [0.4, 0.5) is 20.2 Å². The summed E-state index contributed by atoms with van der Waals surface area (Å²) in [5, 5.41) is 2.40. The number of carbonyl (C=O) groups is 4. The number of anilines is 2. The van der Waals surface area contributed by atoms with E-state index in [0.29, 0.717) is 0 Å². The minimum Gasteiger partial charge on any atom is -0.449 e. The van der Waals surface area contributed by atoms with Crippen molar-refractivity contribution in [2.75, 3.05) is 10.2 Å². The molecule has 1 unspecified atom stereocenters. The predicted octanol–water partition coefficient (Wildman–Crippen LogP) is 4.60. The van der Waals surface area contributed by atoms with Crippen LogP contribution < -0.4 is 10.2 Å². The molecular formula is C24H15ClF2N2O5. The second kappa shape index (κ2) is 9.03. The van der Waals surface area contributed by atoms with E-state index in [4.69, 9.17) is 16.3 Å². The van der Waals surface area contributed by atoms with Crippen LogP contribution in [-0.4, -0.2) is 29.8 Å². The summed E-state index contributed by atoms with van der Waals surface area (Å²) in [5.41, 5.74) is 0.307. The summed E-state index contributed by atoms with van der Waals surface area (Å²) in [7, 11) is 0. The highest BCUT2D eigenvalue weighted by Gasteiger charge is 2.37. The van der Waals surface area contributed by atoms with Gasteiger partial charge in [-0.2, -0.15) is 0 Å². The van der Waals surface area contributed by atoms with Crippen LogP contribution in [0.1, 0.15) is 38.0 Å². The van der Waals surface area contributed by atoms with E-state index in [1.54, 1.807) is 0 Å². The Balaban J connectivity index is 1.48. The number of imide groups is 1. The second-order valence-electron chi connectivity index (χ2n) is 7.34. The van der Waals surface area contributed by atoms with E-state index in [2.05, 4.69) is 5.32 Å². The van der Waals surface area contributed by atoms with Gasteiger partial charge in [0.2, 0.25) is 0 Å². The third kappa shape index (κ3) is 4.38. The lowest BCUT2D eigenvalue weighted by Crippen LogP contribution is -2.30. The number of hydrogen-bond donors (Lipinski definition) is 1. The van der Waals surface area contributed by atoms with Crippen molar-refractivity contribution >= 4 is 46.7 Å². The summed E-state index contributed by atoms with van der Waals surface area (Å²) in [6.45, 7) is 1.32. The van der Waals surface area contributed by atoms with Gasteiger partial charge in [-0.25, -0.2) is 18.5 Å². The number of amides is 3. The first kappa shape index (κ1) is 23.1. The Kier molecular flexibility index (Phi) is 6.12. The van der Waals surface area contributed by atoms with Crippen LogP contribution in [0.5, 0.6) is 0 Å². The molecule has 3 aromatic rings. The van der Waals surface area contributed by atoms with E-state index < -0.39 is 41.4 Å². The van der Waals surface area contributed by atoms with E-state index in [9.17, 15) is 28.0 Å². The van der Waals surface area contributed by atoms with Crippen molar-refractivity contribution in [2.24, 2.45) is 0 Å². The van der Waals surface area contributed by atoms with Gasteiger partial charge in [-0.3, -0.25) is 14.4 Å². The lowest BCUT2D eigenvalue weighted by atomic mass is 10.1. The standard InChI is InChI=1S/C24H15ClF2N2O5/c1-12(21(30)28-20-9-5-15(27)11-19(20)25)34-24(33)13-2-8-17-18(10-13)23(32)29(22(17)31)16-6-3-14(26)4-7-16/h2-12H,1H3,(H,28,30). The smallest absolute Gasteiger partial charge is 0.338 e. The van der Waals surface area contributed by atoms with Crippen molar-refractivity contribution in [3.8, 4) is 0 Å². The molecule has 0 aromatic heterocycles. The van der Waals surface area contributed by atoms with Crippen LogP contribution in [0, 0.1) is 11.6 Å². The van der Waals surface area contributed by atoms with Crippen LogP contribution in [0.15, 0.2) is 60.7 Å². The van der Waals surface area contributed by atoms with Crippen molar-refractivity contribution in [3.05, 3.63) is 94.0 Å². The fourth-order valence-corrected chi connectivity index (χ4v) is 3.51. The molecule has 1 atom stereocenters. The van der Waals surface area contributed by atoms with Gasteiger partial charge in [0.25, 0.3) is 17.7 Å². The van der Waals surface area contributed by atoms with Gasteiger partial charge in [0.05, 0.1) is 33.1 Å². The summed E-state index contributed by atoms with van der Waals surface area (Å²) in [6.07, 6.45) is -1.25. The molecule has 0 fully saturated rings. The van der Waals surface area contributed by atoms with Crippen molar-refractivity contribution in [3.63, 3.8) is 0 Å². The molecule has 1 aliphatic rings. The molecular weight excluding hydrogens is 470 g/mol. The molecule has 10 heteroatoms. The fraction of sp³-hybridized carbons (Fsp3) is 0.0833. The number of fused-ring (bicyclic) bond motifs is 1. The van der Waals surface area contributed by atoms with Crippen molar-refractivity contribution in [1.82, 2.24) is 0 Å². The van der Waals surface area contributed by atoms with Crippen molar-refractivity contribution in [1.29, 1.82) is 0 Å². The van der Waals surface area contributed by atoms with Crippen molar-refractivity contribution in [2.45, 2.75) is 13.0 Å². The molecule has 3 amide bonds. The Morgan fingerprint density at radius 2 is 1.56 bits per heavy atom.